The van der Waals surface area contributed by atoms with Gasteiger partial charge in [0.25, 0.3) is 0 Å². The summed E-state index contributed by atoms with van der Waals surface area (Å²) in [7, 11) is 0. The summed E-state index contributed by atoms with van der Waals surface area (Å²) in [5, 5.41) is 0. The number of para-hydroxylation sites is 1. The first-order chi connectivity index (χ1) is 7.47. The molecule has 88 valence electrons. The number of hydrogen-bond donors (Lipinski definition) is 0. The molecule has 6 heteroatoms. The van der Waals surface area contributed by atoms with Gasteiger partial charge in [0.2, 0.25) is 0 Å². The zero-order valence-electron chi connectivity index (χ0n) is 8.38. The Labute approximate surface area is 105 Å². The van der Waals surface area contributed by atoms with Gasteiger partial charge in [0.1, 0.15) is 5.75 Å². The molecule has 16 heavy (non-hydrogen) atoms. The van der Waals surface area contributed by atoms with E-state index in [-0.39, 0.29) is 12.4 Å². The van der Waals surface area contributed by atoms with E-state index < -0.39 is 12.1 Å². The minimum absolute atomic E-state index is 0.0545. The standard InChI is InChI=1S/C10H9F2IO3/c1-2-15-9(14)10(11,12)16-8-6-4-3-5-7(8)13/h3-6H,2H2,1H3. The number of esters is 1. The molecule has 0 aliphatic rings. The fourth-order valence-corrected chi connectivity index (χ4v) is 1.42. The van der Waals surface area contributed by atoms with Gasteiger partial charge in [0.05, 0.1) is 10.2 Å². The Morgan fingerprint density at radius 3 is 2.62 bits per heavy atom. The summed E-state index contributed by atoms with van der Waals surface area (Å²) in [6.07, 6.45) is -3.96. The second-order valence-electron chi connectivity index (χ2n) is 2.77. The van der Waals surface area contributed by atoms with Gasteiger partial charge in [0, 0.05) is 0 Å². The highest BCUT2D eigenvalue weighted by molar-refractivity contribution is 14.1. The Balaban J connectivity index is 2.80. The Kier molecular flexibility index (Phi) is 4.45. The Morgan fingerprint density at radius 2 is 2.06 bits per heavy atom. The first kappa shape index (κ1) is 13.1. The van der Waals surface area contributed by atoms with E-state index in [0.717, 1.165) is 0 Å². The molecule has 0 aliphatic heterocycles. The van der Waals surface area contributed by atoms with Crippen molar-refractivity contribution in [2.24, 2.45) is 0 Å². The molecule has 0 unspecified atom stereocenters. The first-order valence-corrected chi connectivity index (χ1v) is 5.54. The molecule has 0 N–H and O–H groups in total. The molecule has 1 rings (SSSR count). The average Bonchev–Trinajstić information content (AvgIpc) is 2.21. The highest BCUT2D eigenvalue weighted by Gasteiger charge is 2.44. The summed E-state index contributed by atoms with van der Waals surface area (Å²) in [6, 6.07) is 6.17. The molecule has 0 fully saturated rings. The van der Waals surface area contributed by atoms with E-state index in [1.807, 2.05) is 22.6 Å². The highest BCUT2D eigenvalue weighted by atomic mass is 127. The van der Waals surface area contributed by atoms with Crippen LogP contribution in [0, 0.1) is 3.57 Å². The molecule has 0 spiro atoms. The van der Waals surface area contributed by atoms with Crippen LogP contribution < -0.4 is 4.74 Å². The second-order valence-corrected chi connectivity index (χ2v) is 3.93. The Hall–Kier alpha value is -0.920. The van der Waals surface area contributed by atoms with Crippen molar-refractivity contribution >= 4 is 28.6 Å². The number of rotatable bonds is 4. The lowest BCUT2D eigenvalue weighted by Gasteiger charge is -2.16. The fraction of sp³-hybridized carbons (Fsp3) is 0.300. The zero-order valence-corrected chi connectivity index (χ0v) is 10.5. The number of hydrogen-bond acceptors (Lipinski definition) is 3. The lowest BCUT2D eigenvalue weighted by Crippen LogP contribution is -2.37. The maximum Gasteiger partial charge on any atom is 0.502 e. The van der Waals surface area contributed by atoms with Gasteiger partial charge in [-0.1, -0.05) is 12.1 Å². The number of halogens is 3. The number of alkyl halides is 2. The average molecular weight is 342 g/mol. The maximum atomic E-state index is 13.2. The molecule has 0 amide bonds. The van der Waals surface area contributed by atoms with E-state index >= 15 is 0 Å². The maximum absolute atomic E-state index is 13.2. The van der Waals surface area contributed by atoms with Crippen LogP contribution in [0.2, 0.25) is 0 Å². The van der Waals surface area contributed by atoms with Crippen LogP contribution >= 0.6 is 22.6 Å². The van der Waals surface area contributed by atoms with E-state index in [2.05, 4.69) is 9.47 Å². The largest absolute Gasteiger partial charge is 0.502 e. The highest BCUT2D eigenvalue weighted by Crippen LogP contribution is 2.27. The van der Waals surface area contributed by atoms with E-state index in [1.165, 1.54) is 13.0 Å². The van der Waals surface area contributed by atoms with Crippen molar-refractivity contribution in [3.8, 4) is 5.75 Å². The van der Waals surface area contributed by atoms with Crippen molar-refractivity contribution in [3.05, 3.63) is 27.8 Å². The molecule has 0 atom stereocenters. The second kappa shape index (κ2) is 5.42. The van der Waals surface area contributed by atoms with Gasteiger partial charge in [-0.05, 0) is 41.6 Å². The molecule has 1 aromatic rings. The van der Waals surface area contributed by atoms with Gasteiger partial charge in [0.15, 0.2) is 0 Å². The third-order valence-electron chi connectivity index (χ3n) is 1.59. The minimum Gasteiger partial charge on any atom is -0.459 e. The van der Waals surface area contributed by atoms with Gasteiger partial charge in [-0.15, -0.1) is 0 Å². The number of benzene rings is 1. The molecule has 0 aliphatic carbocycles. The summed E-state index contributed by atoms with van der Waals surface area (Å²) in [4.78, 5) is 10.9. The molecule has 0 saturated carbocycles. The summed E-state index contributed by atoms with van der Waals surface area (Å²) < 4.78 is 35.4. The fourth-order valence-electron chi connectivity index (χ4n) is 0.922. The zero-order chi connectivity index (χ0) is 12.2. The third kappa shape index (κ3) is 3.29. The minimum atomic E-state index is -3.96. The van der Waals surface area contributed by atoms with E-state index in [4.69, 9.17) is 0 Å². The van der Waals surface area contributed by atoms with Crippen molar-refractivity contribution < 1.29 is 23.0 Å². The smallest absolute Gasteiger partial charge is 0.459 e. The monoisotopic (exact) mass is 342 g/mol. The van der Waals surface area contributed by atoms with Crippen molar-refractivity contribution in [1.29, 1.82) is 0 Å². The number of ether oxygens (including phenoxy) is 2. The van der Waals surface area contributed by atoms with Crippen LogP contribution in [0.15, 0.2) is 24.3 Å². The van der Waals surface area contributed by atoms with Gasteiger partial charge in [-0.2, -0.15) is 8.78 Å². The summed E-state index contributed by atoms with van der Waals surface area (Å²) >= 11 is 1.83. The molecule has 0 aromatic heterocycles. The first-order valence-electron chi connectivity index (χ1n) is 4.46. The van der Waals surface area contributed by atoms with Gasteiger partial charge < -0.3 is 9.47 Å². The molecule has 1 aromatic carbocycles. The van der Waals surface area contributed by atoms with Crippen molar-refractivity contribution in [3.63, 3.8) is 0 Å². The van der Waals surface area contributed by atoms with Gasteiger partial charge in [-0.25, -0.2) is 4.79 Å². The molecule has 3 nitrogen and oxygen atoms in total. The lowest BCUT2D eigenvalue weighted by molar-refractivity contribution is -0.216. The third-order valence-corrected chi connectivity index (χ3v) is 2.48. The SMILES string of the molecule is CCOC(=O)C(F)(F)Oc1ccccc1I. The number of carbonyl (C=O) groups excluding carboxylic acids is 1. The van der Waals surface area contributed by atoms with Crippen LogP contribution in [0.1, 0.15) is 6.92 Å². The molecule has 0 heterocycles. The molecule has 0 bridgehead atoms. The van der Waals surface area contributed by atoms with Crippen molar-refractivity contribution in [2.75, 3.05) is 6.61 Å². The lowest BCUT2D eigenvalue weighted by atomic mass is 10.3. The van der Waals surface area contributed by atoms with Gasteiger partial charge in [-0.3, -0.25) is 0 Å². The topological polar surface area (TPSA) is 35.5 Å². The molecule has 0 saturated heterocycles. The van der Waals surface area contributed by atoms with Crippen LogP contribution in [0.4, 0.5) is 8.78 Å². The quantitative estimate of drug-likeness (QED) is 0.624. The van der Waals surface area contributed by atoms with E-state index in [1.54, 1.807) is 18.2 Å². The van der Waals surface area contributed by atoms with Crippen LogP contribution in [-0.2, 0) is 9.53 Å². The predicted molar refractivity (Wildman–Crippen MR) is 61.4 cm³/mol. The van der Waals surface area contributed by atoms with Gasteiger partial charge >= 0.3 is 12.1 Å². The molecule has 0 radical (unpaired) electrons. The van der Waals surface area contributed by atoms with Crippen molar-refractivity contribution in [2.45, 2.75) is 13.0 Å². The summed E-state index contributed by atoms with van der Waals surface area (Å²) in [5.41, 5.74) is 0. The van der Waals surface area contributed by atoms with E-state index in [9.17, 15) is 13.6 Å². The van der Waals surface area contributed by atoms with E-state index in [0.29, 0.717) is 3.57 Å². The van der Waals surface area contributed by atoms with Crippen LogP contribution in [-0.4, -0.2) is 18.7 Å². The Bertz CT molecular complexity index is 382. The van der Waals surface area contributed by atoms with Crippen LogP contribution in [0.5, 0.6) is 5.75 Å². The molecular formula is C10H9F2IO3. The normalized spacial score (nSPS) is 11.0. The van der Waals surface area contributed by atoms with Crippen LogP contribution in [0.25, 0.3) is 0 Å². The number of carbonyl (C=O) groups is 1. The van der Waals surface area contributed by atoms with Crippen molar-refractivity contribution in [1.82, 2.24) is 0 Å². The summed E-state index contributed by atoms with van der Waals surface area (Å²) in [5.74, 6) is -1.74. The Morgan fingerprint density at radius 1 is 1.44 bits per heavy atom. The molecular weight excluding hydrogens is 333 g/mol. The summed E-state index contributed by atoms with van der Waals surface area (Å²) in [6.45, 7) is 1.32. The predicted octanol–water partition coefficient (Wildman–Crippen LogP) is 2.83. The van der Waals surface area contributed by atoms with Crippen LogP contribution in [0.3, 0.4) is 0 Å².